The summed E-state index contributed by atoms with van der Waals surface area (Å²) >= 11 is 0. The van der Waals surface area contributed by atoms with E-state index in [1.165, 1.54) is 0 Å². The Morgan fingerprint density at radius 2 is 0.981 bits per heavy atom. The highest BCUT2D eigenvalue weighted by molar-refractivity contribution is 5.79. The van der Waals surface area contributed by atoms with Gasteiger partial charge in [0, 0.05) is 18.8 Å². The molecule has 13 fully saturated rings. The number of hydrogen-bond donors (Lipinski definition) is 2. The van der Waals surface area contributed by atoms with E-state index in [1.807, 2.05) is 0 Å². The molecule has 0 aromatic heterocycles. The van der Waals surface area contributed by atoms with Crippen molar-refractivity contribution >= 4 is 17.9 Å². The van der Waals surface area contributed by atoms with Gasteiger partial charge < -0.3 is 33.9 Å². The van der Waals surface area contributed by atoms with Crippen LogP contribution in [0.2, 0.25) is 0 Å². The highest BCUT2D eigenvalue weighted by Gasteiger charge is 2.69. The van der Waals surface area contributed by atoms with Gasteiger partial charge in [0.25, 0.3) is 5.92 Å². The molecule has 0 aromatic rings. The molecule has 10 nitrogen and oxygen atoms in total. The smallest absolute Gasteiger partial charge is 0.312 e. The first-order valence-electron chi connectivity index (χ1n) is 20.7. The van der Waals surface area contributed by atoms with Gasteiger partial charge in [0.2, 0.25) is 0 Å². The molecule has 12 saturated carbocycles. The van der Waals surface area contributed by atoms with E-state index in [4.69, 9.17) is 23.7 Å². The standard InChI is InChI=1S/C41H56F2O10/c1-36(42,43)17-49-35(48)40-10-24-6-29(15-40)41(30(7-24)16-40)52-20-37(21-53-41,18-50-33(46)38-8-22-2-25(11-38)31(44)26(3-22)12-38)19-51-34(47)39-9-23-4-27(13-39)32(45)28(5-23)14-39/h22-32,44-45H,2-21H2,1H3. The first-order valence-corrected chi connectivity index (χ1v) is 20.7. The van der Waals surface area contributed by atoms with Crippen molar-refractivity contribution in [1.29, 1.82) is 0 Å². The maximum atomic E-state index is 14.1. The summed E-state index contributed by atoms with van der Waals surface area (Å²) in [5, 5.41) is 21.7. The van der Waals surface area contributed by atoms with Gasteiger partial charge in [-0.25, -0.2) is 8.78 Å². The molecule has 1 saturated heterocycles. The van der Waals surface area contributed by atoms with E-state index in [1.54, 1.807) is 0 Å². The molecule has 12 bridgehead atoms. The summed E-state index contributed by atoms with van der Waals surface area (Å²) < 4.78 is 58.7. The molecule has 294 valence electrons. The number of carbonyl (C=O) groups excluding carboxylic acids is 3. The van der Waals surface area contributed by atoms with Crippen molar-refractivity contribution in [3.63, 3.8) is 0 Å². The Labute approximate surface area is 309 Å². The Hall–Kier alpha value is -1.89. The van der Waals surface area contributed by atoms with Gasteiger partial charge in [0.15, 0.2) is 12.4 Å². The lowest BCUT2D eigenvalue weighted by Gasteiger charge is -2.65. The molecule has 1 spiro atoms. The second-order valence-electron chi connectivity index (χ2n) is 20.7. The van der Waals surface area contributed by atoms with Crippen LogP contribution in [0.25, 0.3) is 0 Å². The van der Waals surface area contributed by atoms with Crippen LogP contribution in [0.1, 0.15) is 103 Å². The highest BCUT2D eigenvalue weighted by atomic mass is 19.3. The van der Waals surface area contributed by atoms with Crippen LogP contribution in [0.5, 0.6) is 0 Å². The molecule has 0 radical (unpaired) electrons. The van der Waals surface area contributed by atoms with Gasteiger partial charge in [0.05, 0.1) is 47.1 Å². The molecule has 0 aromatic carbocycles. The summed E-state index contributed by atoms with van der Waals surface area (Å²) in [6, 6.07) is 0. The Morgan fingerprint density at radius 3 is 1.40 bits per heavy atom. The number of hydrogen-bond acceptors (Lipinski definition) is 10. The van der Waals surface area contributed by atoms with Crippen molar-refractivity contribution in [2.75, 3.05) is 33.0 Å². The summed E-state index contributed by atoms with van der Waals surface area (Å²) in [6.07, 6.45) is 10.4. The summed E-state index contributed by atoms with van der Waals surface area (Å²) in [4.78, 5) is 41.5. The van der Waals surface area contributed by atoms with Gasteiger partial charge in [-0.1, -0.05) is 0 Å². The summed E-state index contributed by atoms with van der Waals surface area (Å²) in [5.74, 6) is -3.72. The minimum absolute atomic E-state index is 0.0292. The topological polar surface area (TPSA) is 138 Å². The SMILES string of the molecule is CC(F)(F)COC(=O)C12CC3CC(C1)C1(OCC(COC(=O)C45CC6CC(C4)C(O)C(C6)C5)(COC(=O)C45CC6CC(C4)C(O)C(C6)C5)CO1)C(C3)C2. The fourth-order valence-corrected chi connectivity index (χ4v) is 15.1. The Morgan fingerprint density at radius 1 is 0.604 bits per heavy atom. The first kappa shape index (κ1) is 35.5. The molecule has 0 amide bonds. The molecular weight excluding hydrogens is 690 g/mol. The van der Waals surface area contributed by atoms with Gasteiger partial charge in [0.1, 0.15) is 13.2 Å². The fourth-order valence-electron chi connectivity index (χ4n) is 15.1. The van der Waals surface area contributed by atoms with Crippen LogP contribution >= 0.6 is 0 Å². The van der Waals surface area contributed by atoms with Crippen molar-refractivity contribution in [2.24, 2.45) is 74.9 Å². The number of aliphatic hydroxyl groups is 2. The Balaban J connectivity index is 0.865. The number of ether oxygens (including phenoxy) is 5. The van der Waals surface area contributed by atoms with Crippen LogP contribution in [-0.2, 0) is 38.1 Å². The predicted octanol–water partition coefficient (Wildman–Crippen LogP) is 5.20. The molecule has 6 unspecified atom stereocenters. The van der Waals surface area contributed by atoms with E-state index in [-0.39, 0.29) is 92.0 Å². The van der Waals surface area contributed by atoms with E-state index in [9.17, 15) is 33.4 Å². The fraction of sp³-hybridized carbons (Fsp3) is 0.927. The lowest BCUT2D eigenvalue weighted by atomic mass is 9.47. The van der Waals surface area contributed by atoms with Crippen LogP contribution in [0.15, 0.2) is 0 Å². The molecule has 13 aliphatic rings. The van der Waals surface area contributed by atoms with Crippen molar-refractivity contribution in [3.8, 4) is 0 Å². The van der Waals surface area contributed by atoms with Crippen LogP contribution in [0, 0.1) is 74.9 Å². The average Bonchev–Trinajstić information content (AvgIpc) is 3.11. The zero-order chi connectivity index (χ0) is 36.8. The van der Waals surface area contributed by atoms with Crippen LogP contribution in [0.4, 0.5) is 8.78 Å². The zero-order valence-electron chi connectivity index (χ0n) is 30.9. The van der Waals surface area contributed by atoms with Gasteiger partial charge in [-0.3, -0.25) is 14.4 Å². The third-order valence-corrected chi connectivity index (χ3v) is 16.8. The molecule has 1 heterocycles. The van der Waals surface area contributed by atoms with Crippen LogP contribution < -0.4 is 0 Å². The van der Waals surface area contributed by atoms with Crippen molar-refractivity contribution in [3.05, 3.63) is 0 Å². The largest absolute Gasteiger partial charge is 0.464 e. The van der Waals surface area contributed by atoms with E-state index < -0.39 is 45.9 Å². The summed E-state index contributed by atoms with van der Waals surface area (Å²) in [7, 11) is 0. The van der Waals surface area contributed by atoms with Gasteiger partial charge >= 0.3 is 17.9 Å². The van der Waals surface area contributed by atoms with Gasteiger partial charge in [-0.05, 0) is 138 Å². The second kappa shape index (κ2) is 11.8. The number of aliphatic hydroxyl groups excluding tert-OH is 2. The minimum atomic E-state index is -3.10. The molecule has 6 atom stereocenters. The van der Waals surface area contributed by atoms with Crippen LogP contribution in [0.3, 0.4) is 0 Å². The molecule has 1 aliphatic heterocycles. The number of rotatable bonds is 9. The second-order valence-corrected chi connectivity index (χ2v) is 20.7. The van der Waals surface area contributed by atoms with Crippen molar-refractivity contribution in [2.45, 2.75) is 127 Å². The Kier molecular flexibility index (Phi) is 7.92. The lowest BCUT2D eigenvalue weighted by Crippen LogP contribution is -2.68. The predicted molar refractivity (Wildman–Crippen MR) is 181 cm³/mol. The number of halogens is 2. The maximum Gasteiger partial charge on any atom is 0.312 e. The van der Waals surface area contributed by atoms with E-state index in [2.05, 4.69) is 0 Å². The van der Waals surface area contributed by atoms with Crippen molar-refractivity contribution in [1.82, 2.24) is 0 Å². The quantitative estimate of drug-likeness (QED) is 0.239. The van der Waals surface area contributed by atoms with E-state index in [0.29, 0.717) is 56.8 Å². The molecule has 13 rings (SSSR count). The third-order valence-electron chi connectivity index (χ3n) is 16.8. The summed E-state index contributed by atoms with van der Waals surface area (Å²) in [5.41, 5.74) is -2.97. The van der Waals surface area contributed by atoms with Crippen LogP contribution in [-0.4, -0.2) is 85.1 Å². The molecular formula is C41H56F2O10. The first-order chi connectivity index (χ1) is 25.1. The normalized spacial score (nSPS) is 52.6. The molecule has 12 heteroatoms. The number of alkyl halides is 2. The third kappa shape index (κ3) is 5.51. The summed E-state index contributed by atoms with van der Waals surface area (Å²) in [6.45, 7) is 0.0464. The maximum absolute atomic E-state index is 14.1. The van der Waals surface area contributed by atoms with E-state index >= 15 is 0 Å². The van der Waals surface area contributed by atoms with E-state index in [0.717, 1.165) is 58.3 Å². The number of carbonyl (C=O) groups is 3. The minimum Gasteiger partial charge on any atom is -0.464 e. The lowest BCUT2D eigenvalue weighted by molar-refractivity contribution is -0.391. The highest BCUT2D eigenvalue weighted by Crippen LogP contribution is 2.67. The zero-order valence-corrected chi connectivity index (χ0v) is 30.9. The monoisotopic (exact) mass is 746 g/mol. The molecule has 2 N–H and O–H groups in total. The van der Waals surface area contributed by atoms with Gasteiger partial charge in [-0.2, -0.15) is 0 Å². The number of esters is 3. The molecule has 53 heavy (non-hydrogen) atoms. The Bertz CT molecular complexity index is 1420. The van der Waals surface area contributed by atoms with Crippen molar-refractivity contribution < 1.29 is 57.1 Å². The average molecular weight is 747 g/mol. The molecule has 12 aliphatic carbocycles. The van der Waals surface area contributed by atoms with Gasteiger partial charge in [-0.15, -0.1) is 0 Å².